The molecule has 0 saturated carbocycles. The molecule has 0 heterocycles. The fourth-order valence-electron chi connectivity index (χ4n) is 2.30. The second-order valence-corrected chi connectivity index (χ2v) is 7.82. The number of nitrogens with one attached hydrogen (secondary N) is 3. The van der Waals surface area contributed by atoms with E-state index in [1.54, 1.807) is 18.2 Å². The zero-order valence-electron chi connectivity index (χ0n) is 15.4. The molecule has 0 radical (unpaired) electrons. The topological polar surface area (TPSA) is 104 Å². The Morgan fingerprint density at radius 3 is 2.26 bits per heavy atom. The van der Waals surface area contributed by atoms with Crippen molar-refractivity contribution < 1.29 is 18.0 Å². The van der Waals surface area contributed by atoms with E-state index >= 15 is 0 Å². The first-order valence-corrected chi connectivity index (χ1v) is 10.0. The minimum Gasteiger partial charge on any atom is -0.350 e. The summed E-state index contributed by atoms with van der Waals surface area (Å²) in [6.07, 6.45) is 0.764. The van der Waals surface area contributed by atoms with Crippen molar-refractivity contribution in [2.45, 2.75) is 38.1 Å². The molecule has 2 amide bonds. The van der Waals surface area contributed by atoms with Crippen LogP contribution in [-0.2, 0) is 14.8 Å². The lowest BCUT2D eigenvalue weighted by atomic mass is 10.1. The summed E-state index contributed by atoms with van der Waals surface area (Å²) in [5, 5.41) is 5.40. The quantitative estimate of drug-likeness (QED) is 0.677. The molecule has 2 aromatic rings. The zero-order valence-corrected chi connectivity index (χ0v) is 16.3. The van der Waals surface area contributed by atoms with Gasteiger partial charge in [-0.3, -0.25) is 14.3 Å². The second-order valence-electron chi connectivity index (χ2n) is 6.14. The first kappa shape index (κ1) is 20.4. The van der Waals surface area contributed by atoms with Gasteiger partial charge in [-0.05, 0) is 49.7 Å². The van der Waals surface area contributed by atoms with E-state index in [-0.39, 0.29) is 34.0 Å². The Morgan fingerprint density at radius 2 is 1.67 bits per heavy atom. The van der Waals surface area contributed by atoms with E-state index < -0.39 is 10.0 Å². The van der Waals surface area contributed by atoms with Gasteiger partial charge in [-0.25, -0.2) is 8.42 Å². The maximum absolute atomic E-state index is 12.7. The molecule has 0 aromatic heterocycles. The van der Waals surface area contributed by atoms with Crippen LogP contribution < -0.4 is 15.4 Å². The van der Waals surface area contributed by atoms with Crippen LogP contribution in [0, 0.1) is 0 Å². The summed E-state index contributed by atoms with van der Waals surface area (Å²) in [5.41, 5.74) is 0.940. The molecule has 0 unspecified atom stereocenters. The summed E-state index contributed by atoms with van der Waals surface area (Å²) in [6, 6.07) is 12.2. The molecular formula is C19H23N3O4S. The molecule has 7 nitrogen and oxygen atoms in total. The third-order valence-corrected chi connectivity index (χ3v) is 5.27. The average molecular weight is 389 g/mol. The Kier molecular flexibility index (Phi) is 6.57. The van der Waals surface area contributed by atoms with Crippen LogP contribution in [0.1, 0.15) is 37.6 Å². The third-order valence-electron chi connectivity index (χ3n) is 3.89. The van der Waals surface area contributed by atoms with Gasteiger partial charge < -0.3 is 10.6 Å². The van der Waals surface area contributed by atoms with Gasteiger partial charge in [-0.2, -0.15) is 0 Å². The molecular weight excluding hydrogens is 366 g/mol. The number of benzene rings is 2. The van der Waals surface area contributed by atoms with Crippen LogP contribution in [0.3, 0.4) is 0 Å². The zero-order chi connectivity index (χ0) is 20.0. The van der Waals surface area contributed by atoms with E-state index in [1.165, 1.54) is 37.3 Å². The summed E-state index contributed by atoms with van der Waals surface area (Å²) >= 11 is 0. The van der Waals surface area contributed by atoms with Gasteiger partial charge in [0.15, 0.2) is 0 Å². The van der Waals surface area contributed by atoms with Crippen molar-refractivity contribution >= 4 is 33.2 Å². The highest BCUT2D eigenvalue weighted by atomic mass is 32.2. The first-order chi connectivity index (χ1) is 12.7. The molecule has 0 bridgehead atoms. The highest BCUT2D eigenvalue weighted by molar-refractivity contribution is 7.92. The lowest BCUT2D eigenvalue weighted by Gasteiger charge is -2.15. The Hall–Kier alpha value is -2.87. The van der Waals surface area contributed by atoms with Gasteiger partial charge in [0.1, 0.15) is 0 Å². The van der Waals surface area contributed by atoms with E-state index in [0.717, 1.165) is 6.42 Å². The predicted molar refractivity (Wildman–Crippen MR) is 105 cm³/mol. The lowest BCUT2D eigenvalue weighted by molar-refractivity contribution is -0.114. The second kappa shape index (κ2) is 8.68. The minimum absolute atomic E-state index is 0.0220. The number of sulfonamides is 1. The molecule has 0 aliphatic carbocycles. The number of para-hydroxylation sites is 1. The molecule has 2 aromatic carbocycles. The van der Waals surface area contributed by atoms with E-state index in [9.17, 15) is 18.0 Å². The molecule has 2 rings (SSSR count). The van der Waals surface area contributed by atoms with Crippen LogP contribution in [0.2, 0.25) is 0 Å². The summed E-state index contributed by atoms with van der Waals surface area (Å²) in [6.45, 7) is 5.19. The first-order valence-electron chi connectivity index (χ1n) is 8.53. The Labute approximate surface area is 159 Å². The maximum atomic E-state index is 12.7. The highest BCUT2D eigenvalue weighted by Crippen LogP contribution is 2.21. The fraction of sp³-hybridized carbons (Fsp3) is 0.263. The van der Waals surface area contributed by atoms with Crippen molar-refractivity contribution in [1.29, 1.82) is 0 Å². The molecule has 0 saturated heterocycles. The molecule has 0 fully saturated rings. The Bertz CT molecular complexity index is 924. The molecule has 0 aliphatic heterocycles. The fourth-order valence-corrected chi connectivity index (χ4v) is 3.38. The number of anilines is 2. The summed E-state index contributed by atoms with van der Waals surface area (Å²) in [5.74, 6) is -0.589. The van der Waals surface area contributed by atoms with Gasteiger partial charge in [-0.15, -0.1) is 0 Å². The SMILES string of the molecule is CC[C@@H](C)NC(=O)c1ccccc1NS(=O)(=O)c1ccc(NC(C)=O)cc1. The van der Waals surface area contributed by atoms with Gasteiger partial charge in [0, 0.05) is 18.7 Å². The van der Waals surface area contributed by atoms with Gasteiger partial charge >= 0.3 is 0 Å². The molecule has 144 valence electrons. The summed E-state index contributed by atoms with van der Waals surface area (Å²) in [4.78, 5) is 23.5. The Morgan fingerprint density at radius 1 is 1.04 bits per heavy atom. The van der Waals surface area contributed by atoms with Crippen molar-refractivity contribution in [1.82, 2.24) is 5.32 Å². The maximum Gasteiger partial charge on any atom is 0.261 e. The monoisotopic (exact) mass is 389 g/mol. The third kappa shape index (κ3) is 5.55. The van der Waals surface area contributed by atoms with Crippen LogP contribution in [0.5, 0.6) is 0 Å². The van der Waals surface area contributed by atoms with Crippen LogP contribution in [0.25, 0.3) is 0 Å². The molecule has 3 N–H and O–H groups in total. The van der Waals surface area contributed by atoms with Crippen LogP contribution in [-0.4, -0.2) is 26.3 Å². The van der Waals surface area contributed by atoms with Crippen molar-refractivity contribution in [3.8, 4) is 0 Å². The van der Waals surface area contributed by atoms with Crippen molar-refractivity contribution in [2.24, 2.45) is 0 Å². The van der Waals surface area contributed by atoms with Crippen molar-refractivity contribution in [2.75, 3.05) is 10.0 Å². The number of carbonyl (C=O) groups is 2. The van der Waals surface area contributed by atoms with E-state index in [0.29, 0.717) is 5.69 Å². The molecule has 0 spiro atoms. The standard InChI is InChI=1S/C19H23N3O4S/c1-4-13(2)20-19(24)17-7-5-6-8-18(17)22-27(25,26)16-11-9-15(10-12-16)21-14(3)23/h5-13,22H,4H2,1-3H3,(H,20,24)(H,21,23)/t13-/m1/s1. The molecule has 27 heavy (non-hydrogen) atoms. The van der Waals surface area contributed by atoms with E-state index in [1.807, 2.05) is 13.8 Å². The normalized spacial score (nSPS) is 12.1. The number of rotatable bonds is 7. The Balaban J connectivity index is 2.25. The van der Waals surface area contributed by atoms with Crippen LogP contribution >= 0.6 is 0 Å². The largest absolute Gasteiger partial charge is 0.350 e. The molecule has 1 atom stereocenters. The minimum atomic E-state index is -3.89. The lowest BCUT2D eigenvalue weighted by Crippen LogP contribution is -2.32. The van der Waals surface area contributed by atoms with E-state index in [2.05, 4.69) is 15.4 Å². The number of amides is 2. The predicted octanol–water partition coefficient (Wildman–Crippen LogP) is 2.97. The van der Waals surface area contributed by atoms with E-state index in [4.69, 9.17) is 0 Å². The van der Waals surface area contributed by atoms with Gasteiger partial charge in [0.05, 0.1) is 16.1 Å². The van der Waals surface area contributed by atoms with Gasteiger partial charge in [0.25, 0.3) is 15.9 Å². The van der Waals surface area contributed by atoms with Crippen LogP contribution in [0.15, 0.2) is 53.4 Å². The van der Waals surface area contributed by atoms with Gasteiger partial charge in [0.2, 0.25) is 5.91 Å². The summed E-state index contributed by atoms with van der Waals surface area (Å²) < 4.78 is 27.8. The number of carbonyl (C=O) groups excluding carboxylic acids is 2. The number of hydrogen-bond acceptors (Lipinski definition) is 4. The highest BCUT2D eigenvalue weighted by Gasteiger charge is 2.19. The average Bonchev–Trinajstić information content (AvgIpc) is 2.61. The van der Waals surface area contributed by atoms with Crippen LogP contribution in [0.4, 0.5) is 11.4 Å². The molecule has 8 heteroatoms. The van der Waals surface area contributed by atoms with Crippen molar-refractivity contribution in [3.05, 3.63) is 54.1 Å². The van der Waals surface area contributed by atoms with Gasteiger partial charge in [-0.1, -0.05) is 19.1 Å². The summed E-state index contributed by atoms with van der Waals surface area (Å²) in [7, 11) is -3.89. The van der Waals surface area contributed by atoms with Crippen molar-refractivity contribution in [3.63, 3.8) is 0 Å². The number of hydrogen-bond donors (Lipinski definition) is 3. The molecule has 0 aliphatic rings. The smallest absolute Gasteiger partial charge is 0.261 e.